The molecule has 0 bridgehead atoms. The van der Waals surface area contributed by atoms with Crippen molar-refractivity contribution >= 4 is 17.7 Å². The maximum absolute atomic E-state index is 12.5. The van der Waals surface area contributed by atoms with Crippen molar-refractivity contribution in [2.75, 3.05) is 19.3 Å². The Labute approximate surface area is 142 Å². The normalized spacial score (nSPS) is 18.0. The first-order valence-electron chi connectivity index (χ1n) is 7.96. The van der Waals surface area contributed by atoms with Crippen molar-refractivity contribution in [1.82, 2.24) is 10.2 Å². The summed E-state index contributed by atoms with van der Waals surface area (Å²) in [7, 11) is 0. The Kier molecular flexibility index (Phi) is 5.36. The van der Waals surface area contributed by atoms with Gasteiger partial charge >= 0.3 is 0 Å². The van der Waals surface area contributed by atoms with Gasteiger partial charge in [0.2, 0.25) is 0 Å². The third-order valence-corrected chi connectivity index (χ3v) is 5.00. The van der Waals surface area contributed by atoms with Crippen LogP contribution in [0.3, 0.4) is 0 Å². The van der Waals surface area contributed by atoms with Crippen LogP contribution in [0.25, 0.3) is 0 Å². The zero-order valence-corrected chi connectivity index (χ0v) is 14.2. The molecule has 0 spiro atoms. The number of hydrogen-bond acceptors (Lipinski definition) is 3. The van der Waals surface area contributed by atoms with Gasteiger partial charge in [-0.15, -0.1) is 11.8 Å². The van der Waals surface area contributed by atoms with Gasteiger partial charge in [-0.05, 0) is 30.4 Å². The first-order valence-corrected chi connectivity index (χ1v) is 9.19. The molecule has 1 saturated heterocycles. The van der Waals surface area contributed by atoms with Gasteiger partial charge in [-0.3, -0.25) is 9.69 Å². The van der Waals surface area contributed by atoms with Gasteiger partial charge in [-0.2, -0.15) is 0 Å². The van der Waals surface area contributed by atoms with Crippen molar-refractivity contribution < 1.29 is 4.79 Å². The second-order valence-corrected chi connectivity index (χ2v) is 6.73. The molecule has 2 aromatic carbocycles. The van der Waals surface area contributed by atoms with Gasteiger partial charge in [0.25, 0.3) is 5.91 Å². The second kappa shape index (κ2) is 7.66. The molecule has 0 aliphatic carbocycles. The van der Waals surface area contributed by atoms with E-state index in [9.17, 15) is 4.79 Å². The van der Waals surface area contributed by atoms with E-state index in [1.54, 1.807) is 11.8 Å². The Bertz CT molecular complexity index is 659. The van der Waals surface area contributed by atoms with Gasteiger partial charge in [-0.1, -0.05) is 42.5 Å². The number of rotatable bonds is 5. The standard InChI is InChI=1S/C19H22N2OS/c1-23-18-10-6-5-9-17(18)19(22)20-16-11-12-21(14-16)13-15-7-3-2-4-8-15/h2-10,16H,11-14H2,1H3,(H,20,22). The molecule has 1 aliphatic rings. The van der Waals surface area contributed by atoms with Crippen molar-refractivity contribution in [2.24, 2.45) is 0 Å². The second-order valence-electron chi connectivity index (χ2n) is 5.88. The summed E-state index contributed by atoms with van der Waals surface area (Å²) in [5, 5.41) is 3.19. The minimum absolute atomic E-state index is 0.0431. The molecule has 23 heavy (non-hydrogen) atoms. The quantitative estimate of drug-likeness (QED) is 0.855. The molecule has 1 fully saturated rings. The number of nitrogens with zero attached hydrogens (tertiary/aromatic N) is 1. The smallest absolute Gasteiger partial charge is 0.252 e. The van der Waals surface area contributed by atoms with Crippen LogP contribution in [-0.2, 0) is 6.54 Å². The fourth-order valence-corrected chi connectivity index (χ4v) is 3.63. The molecule has 1 atom stereocenters. The maximum Gasteiger partial charge on any atom is 0.252 e. The Hall–Kier alpha value is -1.78. The summed E-state index contributed by atoms with van der Waals surface area (Å²) >= 11 is 1.61. The highest BCUT2D eigenvalue weighted by Crippen LogP contribution is 2.20. The lowest BCUT2D eigenvalue weighted by atomic mass is 10.2. The third-order valence-electron chi connectivity index (χ3n) is 4.21. The summed E-state index contributed by atoms with van der Waals surface area (Å²) in [4.78, 5) is 15.9. The molecule has 120 valence electrons. The van der Waals surface area contributed by atoms with Gasteiger partial charge in [0.15, 0.2) is 0 Å². The van der Waals surface area contributed by atoms with E-state index in [1.165, 1.54) is 5.56 Å². The van der Waals surface area contributed by atoms with Crippen LogP contribution in [0.5, 0.6) is 0 Å². The SMILES string of the molecule is CSc1ccccc1C(=O)NC1CCN(Cc2ccccc2)C1. The molecule has 0 aromatic heterocycles. The zero-order valence-electron chi connectivity index (χ0n) is 13.4. The van der Waals surface area contributed by atoms with Gasteiger partial charge < -0.3 is 5.32 Å². The Morgan fingerprint density at radius 3 is 2.70 bits per heavy atom. The number of hydrogen-bond donors (Lipinski definition) is 1. The van der Waals surface area contributed by atoms with Crippen molar-refractivity contribution in [3.63, 3.8) is 0 Å². The molecule has 1 unspecified atom stereocenters. The number of amides is 1. The fraction of sp³-hybridized carbons (Fsp3) is 0.316. The van der Waals surface area contributed by atoms with E-state index in [1.807, 2.05) is 36.6 Å². The van der Waals surface area contributed by atoms with Crippen molar-refractivity contribution in [1.29, 1.82) is 0 Å². The summed E-state index contributed by atoms with van der Waals surface area (Å²) in [6.45, 7) is 2.90. The average molecular weight is 326 g/mol. The number of nitrogens with one attached hydrogen (secondary N) is 1. The Morgan fingerprint density at radius 1 is 1.17 bits per heavy atom. The zero-order chi connectivity index (χ0) is 16.1. The highest BCUT2D eigenvalue weighted by atomic mass is 32.2. The topological polar surface area (TPSA) is 32.3 Å². The van der Waals surface area contributed by atoms with Gasteiger partial charge in [0.1, 0.15) is 0 Å². The lowest BCUT2D eigenvalue weighted by molar-refractivity contribution is 0.0934. The third kappa shape index (κ3) is 4.15. The number of carbonyl (C=O) groups excluding carboxylic acids is 1. The molecular weight excluding hydrogens is 304 g/mol. The monoisotopic (exact) mass is 326 g/mol. The number of carbonyl (C=O) groups is 1. The maximum atomic E-state index is 12.5. The molecule has 3 nitrogen and oxygen atoms in total. The van der Waals surface area contributed by atoms with E-state index in [0.29, 0.717) is 0 Å². The predicted octanol–water partition coefficient (Wildman–Crippen LogP) is 3.41. The van der Waals surface area contributed by atoms with Crippen LogP contribution >= 0.6 is 11.8 Å². The minimum Gasteiger partial charge on any atom is -0.348 e. The number of likely N-dealkylation sites (tertiary alicyclic amines) is 1. The molecule has 2 aromatic rings. The molecule has 0 radical (unpaired) electrons. The highest BCUT2D eigenvalue weighted by molar-refractivity contribution is 7.98. The van der Waals surface area contributed by atoms with Crippen molar-refractivity contribution in [3.8, 4) is 0 Å². The van der Waals surface area contributed by atoms with Gasteiger partial charge in [0, 0.05) is 30.6 Å². The van der Waals surface area contributed by atoms with Crippen LogP contribution < -0.4 is 5.32 Å². The van der Waals surface area contributed by atoms with Crippen LogP contribution in [0.4, 0.5) is 0 Å². The molecule has 1 heterocycles. The Balaban J connectivity index is 1.56. The Morgan fingerprint density at radius 2 is 1.91 bits per heavy atom. The van der Waals surface area contributed by atoms with E-state index in [-0.39, 0.29) is 11.9 Å². The molecule has 4 heteroatoms. The van der Waals surface area contributed by atoms with Gasteiger partial charge in [0.05, 0.1) is 5.56 Å². The van der Waals surface area contributed by atoms with Crippen LogP contribution in [-0.4, -0.2) is 36.2 Å². The predicted molar refractivity (Wildman–Crippen MR) is 95.8 cm³/mol. The fourth-order valence-electron chi connectivity index (χ4n) is 3.03. The van der Waals surface area contributed by atoms with Crippen LogP contribution in [0.1, 0.15) is 22.3 Å². The van der Waals surface area contributed by atoms with Crippen LogP contribution in [0.2, 0.25) is 0 Å². The number of thioether (sulfide) groups is 1. The summed E-state index contributed by atoms with van der Waals surface area (Å²) < 4.78 is 0. The van der Waals surface area contributed by atoms with Crippen molar-refractivity contribution in [3.05, 3.63) is 65.7 Å². The first-order chi connectivity index (χ1) is 11.3. The first kappa shape index (κ1) is 16.1. The van der Waals surface area contributed by atoms with Crippen molar-refractivity contribution in [2.45, 2.75) is 23.9 Å². The molecule has 0 saturated carbocycles. The molecule has 1 amide bonds. The lowest BCUT2D eigenvalue weighted by Gasteiger charge is -2.17. The summed E-state index contributed by atoms with van der Waals surface area (Å²) in [5.74, 6) is 0.0431. The molecule has 1 aliphatic heterocycles. The summed E-state index contributed by atoms with van der Waals surface area (Å²) in [5.41, 5.74) is 2.11. The van der Waals surface area contributed by atoms with E-state index in [2.05, 4.69) is 34.5 Å². The average Bonchev–Trinajstić information content (AvgIpc) is 3.02. The van der Waals surface area contributed by atoms with Crippen LogP contribution in [0.15, 0.2) is 59.5 Å². The number of benzene rings is 2. The minimum atomic E-state index is 0.0431. The van der Waals surface area contributed by atoms with E-state index < -0.39 is 0 Å². The van der Waals surface area contributed by atoms with E-state index >= 15 is 0 Å². The molecule has 3 rings (SSSR count). The highest BCUT2D eigenvalue weighted by Gasteiger charge is 2.24. The van der Waals surface area contributed by atoms with E-state index in [4.69, 9.17) is 0 Å². The van der Waals surface area contributed by atoms with E-state index in [0.717, 1.165) is 36.5 Å². The summed E-state index contributed by atoms with van der Waals surface area (Å²) in [6.07, 6.45) is 3.02. The van der Waals surface area contributed by atoms with Crippen LogP contribution in [0, 0.1) is 0 Å². The largest absolute Gasteiger partial charge is 0.348 e. The summed E-state index contributed by atoms with van der Waals surface area (Å²) in [6, 6.07) is 18.5. The molecule has 1 N–H and O–H groups in total. The lowest BCUT2D eigenvalue weighted by Crippen LogP contribution is -2.37. The molecular formula is C19H22N2OS. The van der Waals surface area contributed by atoms with Gasteiger partial charge in [-0.25, -0.2) is 0 Å².